The summed E-state index contributed by atoms with van der Waals surface area (Å²) in [4.78, 5) is 16.5. The summed E-state index contributed by atoms with van der Waals surface area (Å²) in [6, 6.07) is 7.86. The van der Waals surface area contributed by atoms with E-state index < -0.39 is 5.97 Å². The molecule has 0 saturated carbocycles. The fraction of sp³-hybridized carbons (Fsp3) is 0.188. The van der Waals surface area contributed by atoms with Crippen molar-refractivity contribution in [1.29, 1.82) is 0 Å². The van der Waals surface area contributed by atoms with Crippen LogP contribution < -0.4 is 0 Å². The predicted octanol–water partition coefficient (Wildman–Crippen LogP) is 3.43. The van der Waals surface area contributed by atoms with Crippen molar-refractivity contribution in [3.63, 3.8) is 0 Å². The SMILES string of the molecule is CCOC(=O)c1c(SC)nn2c(-c3ccc(F)cc3)ccnc12. The maximum Gasteiger partial charge on any atom is 0.344 e. The Morgan fingerprint density at radius 2 is 2.04 bits per heavy atom. The zero-order chi connectivity index (χ0) is 16.4. The molecule has 0 amide bonds. The Hall–Kier alpha value is -2.41. The minimum Gasteiger partial charge on any atom is -0.462 e. The van der Waals surface area contributed by atoms with Crippen LogP contribution in [0.2, 0.25) is 0 Å². The Bertz CT molecular complexity index is 862. The zero-order valence-corrected chi connectivity index (χ0v) is 13.4. The highest BCUT2D eigenvalue weighted by Crippen LogP contribution is 2.27. The number of hydrogen-bond acceptors (Lipinski definition) is 5. The number of thioether (sulfide) groups is 1. The topological polar surface area (TPSA) is 56.5 Å². The van der Waals surface area contributed by atoms with Crippen LogP contribution in [-0.4, -0.2) is 33.4 Å². The van der Waals surface area contributed by atoms with Crippen molar-refractivity contribution in [3.05, 3.63) is 47.9 Å². The molecule has 7 heteroatoms. The monoisotopic (exact) mass is 331 g/mol. The Morgan fingerprint density at radius 1 is 1.30 bits per heavy atom. The van der Waals surface area contributed by atoms with E-state index in [1.54, 1.807) is 35.8 Å². The molecular weight excluding hydrogens is 317 g/mol. The first-order valence-corrected chi connectivity index (χ1v) is 8.23. The van der Waals surface area contributed by atoms with Crippen molar-refractivity contribution >= 4 is 23.4 Å². The highest BCUT2D eigenvalue weighted by Gasteiger charge is 2.23. The van der Waals surface area contributed by atoms with Gasteiger partial charge < -0.3 is 4.74 Å². The van der Waals surface area contributed by atoms with Crippen LogP contribution in [0.5, 0.6) is 0 Å². The molecule has 0 unspecified atom stereocenters. The molecule has 3 rings (SSSR count). The summed E-state index contributed by atoms with van der Waals surface area (Å²) in [7, 11) is 0. The maximum absolute atomic E-state index is 13.1. The average Bonchev–Trinajstić information content (AvgIpc) is 2.94. The lowest BCUT2D eigenvalue weighted by molar-refractivity contribution is 0.0524. The second kappa shape index (κ2) is 6.37. The van der Waals surface area contributed by atoms with Gasteiger partial charge in [-0.05, 0) is 43.5 Å². The largest absolute Gasteiger partial charge is 0.462 e. The molecule has 0 saturated heterocycles. The van der Waals surface area contributed by atoms with E-state index >= 15 is 0 Å². The van der Waals surface area contributed by atoms with Gasteiger partial charge in [-0.1, -0.05) is 0 Å². The number of nitrogens with zero attached hydrogens (tertiary/aromatic N) is 3. The molecule has 0 aliphatic carbocycles. The van der Waals surface area contributed by atoms with Gasteiger partial charge in [-0.25, -0.2) is 18.7 Å². The molecule has 0 fully saturated rings. The molecule has 0 aliphatic heterocycles. The number of esters is 1. The summed E-state index contributed by atoms with van der Waals surface area (Å²) in [6.07, 6.45) is 3.44. The van der Waals surface area contributed by atoms with Crippen LogP contribution in [0.1, 0.15) is 17.3 Å². The van der Waals surface area contributed by atoms with Gasteiger partial charge in [0.1, 0.15) is 16.4 Å². The number of ether oxygens (including phenoxy) is 1. The fourth-order valence-corrected chi connectivity index (χ4v) is 2.83. The van der Waals surface area contributed by atoms with Crippen LogP contribution in [-0.2, 0) is 4.74 Å². The number of rotatable bonds is 4. The first-order chi connectivity index (χ1) is 11.2. The third kappa shape index (κ3) is 2.79. The third-order valence-corrected chi connectivity index (χ3v) is 3.97. The summed E-state index contributed by atoms with van der Waals surface area (Å²) < 4.78 is 19.8. The summed E-state index contributed by atoms with van der Waals surface area (Å²) in [5.41, 5.74) is 2.28. The van der Waals surface area contributed by atoms with E-state index in [0.717, 1.165) is 11.3 Å². The van der Waals surface area contributed by atoms with Gasteiger partial charge in [0, 0.05) is 11.8 Å². The number of halogens is 1. The molecule has 0 atom stereocenters. The molecule has 0 N–H and O–H groups in total. The number of carbonyl (C=O) groups is 1. The smallest absolute Gasteiger partial charge is 0.344 e. The molecule has 0 spiro atoms. The van der Waals surface area contributed by atoms with Gasteiger partial charge in [-0.15, -0.1) is 11.8 Å². The zero-order valence-electron chi connectivity index (χ0n) is 12.6. The van der Waals surface area contributed by atoms with Gasteiger partial charge in [0.05, 0.1) is 12.3 Å². The lowest BCUT2D eigenvalue weighted by Gasteiger charge is -2.05. The summed E-state index contributed by atoms with van der Waals surface area (Å²) in [6.45, 7) is 2.03. The van der Waals surface area contributed by atoms with Gasteiger partial charge in [0.15, 0.2) is 5.65 Å². The van der Waals surface area contributed by atoms with Gasteiger partial charge in [0.25, 0.3) is 0 Å². The lowest BCUT2D eigenvalue weighted by atomic mass is 10.1. The van der Waals surface area contributed by atoms with E-state index in [0.29, 0.717) is 16.2 Å². The molecule has 0 radical (unpaired) electrons. The Morgan fingerprint density at radius 3 is 2.70 bits per heavy atom. The number of aromatic nitrogens is 3. The number of benzene rings is 1. The van der Waals surface area contributed by atoms with Crippen LogP contribution in [0, 0.1) is 5.82 Å². The number of carbonyl (C=O) groups excluding carboxylic acids is 1. The second-order valence-electron chi connectivity index (χ2n) is 4.68. The molecule has 0 aliphatic rings. The predicted molar refractivity (Wildman–Crippen MR) is 86.1 cm³/mol. The molecule has 23 heavy (non-hydrogen) atoms. The molecule has 2 heterocycles. The Labute approximate surface area is 136 Å². The van der Waals surface area contributed by atoms with Gasteiger partial charge in [-0.3, -0.25) is 0 Å². The van der Waals surface area contributed by atoms with Crippen LogP contribution in [0.3, 0.4) is 0 Å². The standard InChI is InChI=1S/C16H14FN3O2S/c1-3-22-16(21)13-14-18-9-8-12(20(14)19-15(13)23-2)10-4-6-11(17)7-5-10/h4-9H,3H2,1-2H3. The van der Waals surface area contributed by atoms with Crippen molar-refractivity contribution in [2.24, 2.45) is 0 Å². The van der Waals surface area contributed by atoms with Gasteiger partial charge in [0.2, 0.25) is 0 Å². The van der Waals surface area contributed by atoms with Crippen molar-refractivity contribution in [1.82, 2.24) is 14.6 Å². The number of fused-ring (bicyclic) bond motifs is 1. The molecule has 5 nitrogen and oxygen atoms in total. The minimum atomic E-state index is -0.449. The molecule has 118 valence electrons. The van der Waals surface area contributed by atoms with E-state index in [-0.39, 0.29) is 12.4 Å². The van der Waals surface area contributed by atoms with Gasteiger partial charge in [-0.2, -0.15) is 5.10 Å². The van der Waals surface area contributed by atoms with Crippen LogP contribution >= 0.6 is 11.8 Å². The summed E-state index contributed by atoms with van der Waals surface area (Å²) in [5, 5.41) is 5.00. The third-order valence-electron chi connectivity index (χ3n) is 3.30. The fourth-order valence-electron chi connectivity index (χ4n) is 2.29. The quantitative estimate of drug-likeness (QED) is 0.541. The normalized spacial score (nSPS) is 10.9. The van der Waals surface area contributed by atoms with E-state index in [2.05, 4.69) is 10.1 Å². The first-order valence-electron chi connectivity index (χ1n) is 7.00. The minimum absolute atomic E-state index is 0.279. The summed E-state index contributed by atoms with van der Waals surface area (Å²) in [5.74, 6) is -0.757. The van der Waals surface area contributed by atoms with E-state index in [1.165, 1.54) is 23.9 Å². The Balaban J connectivity index is 2.22. The highest BCUT2D eigenvalue weighted by atomic mass is 32.2. The van der Waals surface area contributed by atoms with Crippen LogP contribution in [0.4, 0.5) is 4.39 Å². The van der Waals surface area contributed by atoms with E-state index in [1.807, 2.05) is 6.26 Å². The van der Waals surface area contributed by atoms with Gasteiger partial charge >= 0.3 is 5.97 Å². The second-order valence-corrected chi connectivity index (χ2v) is 5.47. The number of hydrogen-bond donors (Lipinski definition) is 0. The van der Waals surface area contributed by atoms with E-state index in [4.69, 9.17) is 4.74 Å². The van der Waals surface area contributed by atoms with Crippen molar-refractivity contribution in [2.45, 2.75) is 11.9 Å². The maximum atomic E-state index is 13.1. The van der Waals surface area contributed by atoms with Crippen molar-refractivity contribution < 1.29 is 13.9 Å². The van der Waals surface area contributed by atoms with Crippen molar-refractivity contribution in [3.8, 4) is 11.3 Å². The molecular formula is C16H14FN3O2S. The highest BCUT2D eigenvalue weighted by molar-refractivity contribution is 7.98. The van der Waals surface area contributed by atoms with Crippen molar-refractivity contribution in [2.75, 3.05) is 12.9 Å². The van der Waals surface area contributed by atoms with Crippen LogP contribution in [0.15, 0.2) is 41.6 Å². The van der Waals surface area contributed by atoms with Crippen LogP contribution in [0.25, 0.3) is 16.9 Å². The Kier molecular flexibility index (Phi) is 4.29. The molecule has 2 aromatic heterocycles. The average molecular weight is 331 g/mol. The lowest BCUT2D eigenvalue weighted by Crippen LogP contribution is -2.06. The molecule has 0 bridgehead atoms. The summed E-state index contributed by atoms with van der Waals surface area (Å²) >= 11 is 1.35. The molecule has 1 aromatic carbocycles. The first kappa shape index (κ1) is 15.5. The van der Waals surface area contributed by atoms with E-state index in [9.17, 15) is 9.18 Å². The molecule has 3 aromatic rings.